The summed E-state index contributed by atoms with van der Waals surface area (Å²) in [5.41, 5.74) is 3.22. The summed E-state index contributed by atoms with van der Waals surface area (Å²) in [6.45, 7) is 4.33. The lowest BCUT2D eigenvalue weighted by Gasteiger charge is -2.08. The highest BCUT2D eigenvalue weighted by molar-refractivity contribution is 7.99. The summed E-state index contributed by atoms with van der Waals surface area (Å²) in [6.07, 6.45) is 0.179. The van der Waals surface area contributed by atoms with Crippen LogP contribution in [0.4, 0.5) is 0 Å². The van der Waals surface area contributed by atoms with Gasteiger partial charge < -0.3 is 10.1 Å². The molecule has 0 aromatic heterocycles. The predicted molar refractivity (Wildman–Crippen MR) is 101 cm³/mol. The van der Waals surface area contributed by atoms with E-state index in [4.69, 9.17) is 4.74 Å². The number of amides is 1. The number of esters is 1. The van der Waals surface area contributed by atoms with Gasteiger partial charge in [-0.1, -0.05) is 36.4 Å². The van der Waals surface area contributed by atoms with Crippen molar-refractivity contribution in [3.05, 3.63) is 65.2 Å². The van der Waals surface area contributed by atoms with E-state index in [0.717, 1.165) is 21.8 Å². The molecule has 0 heterocycles. The first-order valence-corrected chi connectivity index (χ1v) is 9.19. The van der Waals surface area contributed by atoms with Crippen molar-refractivity contribution in [2.75, 3.05) is 18.9 Å². The van der Waals surface area contributed by atoms with Crippen molar-refractivity contribution in [3.8, 4) is 0 Å². The third kappa shape index (κ3) is 7.01. The monoisotopic (exact) mass is 357 g/mol. The van der Waals surface area contributed by atoms with Gasteiger partial charge in [0.05, 0.1) is 6.42 Å². The molecule has 0 saturated carbocycles. The first kappa shape index (κ1) is 19.1. The van der Waals surface area contributed by atoms with Crippen molar-refractivity contribution >= 4 is 23.6 Å². The number of aryl methyl sites for hydroxylation is 2. The van der Waals surface area contributed by atoms with Crippen LogP contribution in [0, 0.1) is 13.8 Å². The second-order valence-corrected chi connectivity index (χ2v) is 6.94. The molecule has 0 spiro atoms. The van der Waals surface area contributed by atoms with Crippen molar-refractivity contribution in [1.82, 2.24) is 5.32 Å². The number of ether oxygens (including phenoxy) is 1. The van der Waals surface area contributed by atoms with Crippen LogP contribution in [0.2, 0.25) is 0 Å². The summed E-state index contributed by atoms with van der Waals surface area (Å²) >= 11 is 1.67. The number of hydrogen-bond donors (Lipinski definition) is 1. The molecule has 4 nitrogen and oxygen atoms in total. The van der Waals surface area contributed by atoms with Crippen LogP contribution in [0.15, 0.2) is 53.4 Å². The van der Waals surface area contributed by atoms with E-state index in [0.29, 0.717) is 6.54 Å². The Morgan fingerprint density at radius 1 is 1.04 bits per heavy atom. The van der Waals surface area contributed by atoms with Crippen LogP contribution < -0.4 is 5.32 Å². The molecule has 2 aromatic carbocycles. The van der Waals surface area contributed by atoms with E-state index >= 15 is 0 Å². The van der Waals surface area contributed by atoms with Gasteiger partial charge in [-0.15, -0.1) is 11.8 Å². The van der Waals surface area contributed by atoms with E-state index in [1.54, 1.807) is 11.8 Å². The molecule has 5 heteroatoms. The van der Waals surface area contributed by atoms with E-state index in [9.17, 15) is 9.59 Å². The number of thioether (sulfide) groups is 1. The lowest BCUT2D eigenvalue weighted by Crippen LogP contribution is -2.30. The van der Waals surface area contributed by atoms with E-state index in [1.165, 1.54) is 5.56 Å². The summed E-state index contributed by atoms with van der Waals surface area (Å²) in [6, 6.07) is 15.9. The standard InChI is InChI=1S/C20H23NO3S/c1-15-8-9-17(12-16(15)2)13-20(23)24-14-19(22)21-10-11-25-18-6-4-3-5-7-18/h3-9,12H,10-11,13-14H2,1-2H3,(H,21,22). The zero-order chi connectivity index (χ0) is 18.1. The Morgan fingerprint density at radius 2 is 1.80 bits per heavy atom. The maximum Gasteiger partial charge on any atom is 0.310 e. The molecule has 0 aliphatic carbocycles. The number of hydrogen-bond acceptors (Lipinski definition) is 4. The summed E-state index contributed by atoms with van der Waals surface area (Å²) < 4.78 is 5.04. The van der Waals surface area contributed by atoms with Crippen LogP contribution in [0.25, 0.3) is 0 Å². The van der Waals surface area contributed by atoms with Crippen molar-refractivity contribution in [1.29, 1.82) is 0 Å². The van der Waals surface area contributed by atoms with Gasteiger partial charge in [0.2, 0.25) is 0 Å². The van der Waals surface area contributed by atoms with Crippen LogP contribution in [-0.4, -0.2) is 30.8 Å². The zero-order valence-corrected chi connectivity index (χ0v) is 15.4. The Kier molecular flexibility index (Phi) is 7.54. The highest BCUT2D eigenvalue weighted by atomic mass is 32.2. The van der Waals surface area contributed by atoms with Gasteiger partial charge in [-0.2, -0.15) is 0 Å². The van der Waals surface area contributed by atoms with E-state index < -0.39 is 5.97 Å². The summed E-state index contributed by atoms with van der Waals surface area (Å²) in [5.74, 6) is 0.103. The topological polar surface area (TPSA) is 55.4 Å². The van der Waals surface area contributed by atoms with E-state index in [1.807, 2.05) is 62.4 Å². The molecule has 0 saturated heterocycles. The Labute approximate surface area is 153 Å². The van der Waals surface area contributed by atoms with Gasteiger partial charge in [0.25, 0.3) is 5.91 Å². The fraction of sp³-hybridized carbons (Fsp3) is 0.300. The highest BCUT2D eigenvalue weighted by Crippen LogP contribution is 2.15. The molecule has 1 amide bonds. The molecule has 0 bridgehead atoms. The van der Waals surface area contributed by atoms with E-state index in [-0.39, 0.29) is 18.9 Å². The number of rotatable bonds is 8. The van der Waals surface area contributed by atoms with Gasteiger partial charge >= 0.3 is 5.97 Å². The lowest BCUT2D eigenvalue weighted by atomic mass is 10.0. The molecular formula is C20H23NO3S. The lowest BCUT2D eigenvalue weighted by molar-refractivity contribution is -0.147. The minimum Gasteiger partial charge on any atom is -0.455 e. The van der Waals surface area contributed by atoms with Crippen LogP contribution in [0.3, 0.4) is 0 Å². The molecule has 1 N–H and O–H groups in total. The average Bonchev–Trinajstić information content (AvgIpc) is 2.61. The molecular weight excluding hydrogens is 334 g/mol. The molecule has 0 atom stereocenters. The molecule has 0 radical (unpaired) electrons. The second kappa shape index (κ2) is 9.89. The normalized spacial score (nSPS) is 10.3. The van der Waals surface area contributed by atoms with Gasteiger partial charge in [-0.25, -0.2) is 0 Å². The average molecular weight is 357 g/mol. The number of nitrogens with one attached hydrogen (secondary N) is 1. The van der Waals surface area contributed by atoms with Crippen molar-refractivity contribution in [2.24, 2.45) is 0 Å². The van der Waals surface area contributed by atoms with Crippen LogP contribution in [0.1, 0.15) is 16.7 Å². The maximum absolute atomic E-state index is 11.8. The van der Waals surface area contributed by atoms with E-state index in [2.05, 4.69) is 5.32 Å². The highest BCUT2D eigenvalue weighted by Gasteiger charge is 2.09. The molecule has 0 fully saturated rings. The molecule has 25 heavy (non-hydrogen) atoms. The minimum absolute atomic E-state index is 0.179. The zero-order valence-electron chi connectivity index (χ0n) is 14.6. The first-order valence-electron chi connectivity index (χ1n) is 8.21. The number of carbonyl (C=O) groups excluding carboxylic acids is 2. The molecule has 2 rings (SSSR count). The van der Waals surface area contributed by atoms with Crippen molar-refractivity contribution in [2.45, 2.75) is 25.2 Å². The van der Waals surface area contributed by atoms with Crippen molar-refractivity contribution in [3.63, 3.8) is 0 Å². The SMILES string of the molecule is Cc1ccc(CC(=O)OCC(=O)NCCSc2ccccc2)cc1C. The summed E-state index contributed by atoms with van der Waals surface area (Å²) in [7, 11) is 0. The molecule has 132 valence electrons. The third-order valence-corrected chi connectivity index (χ3v) is 4.73. The maximum atomic E-state index is 11.8. The van der Waals surface area contributed by atoms with Crippen molar-refractivity contribution < 1.29 is 14.3 Å². The Hall–Kier alpha value is -2.27. The molecule has 0 unspecified atom stereocenters. The van der Waals surface area contributed by atoms with Crippen LogP contribution in [-0.2, 0) is 20.7 Å². The van der Waals surface area contributed by atoms with Crippen LogP contribution >= 0.6 is 11.8 Å². The Morgan fingerprint density at radius 3 is 2.52 bits per heavy atom. The van der Waals surface area contributed by atoms with Crippen LogP contribution in [0.5, 0.6) is 0 Å². The smallest absolute Gasteiger partial charge is 0.310 e. The largest absolute Gasteiger partial charge is 0.455 e. The minimum atomic E-state index is -0.392. The van der Waals surface area contributed by atoms with Gasteiger partial charge in [0.15, 0.2) is 6.61 Å². The Balaban J connectivity index is 1.62. The molecule has 0 aliphatic rings. The van der Waals surface area contributed by atoms with Gasteiger partial charge in [0.1, 0.15) is 0 Å². The third-order valence-electron chi connectivity index (χ3n) is 3.72. The van der Waals surface area contributed by atoms with Gasteiger partial charge in [-0.3, -0.25) is 9.59 Å². The molecule has 0 aliphatic heterocycles. The number of carbonyl (C=O) groups is 2. The summed E-state index contributed by atoms with van der Waals surface area (Å²) in [4.78, 5) is 24.7. The quantitative estimate of drug-likeness (QED) is 0.447. The molecule has 2 aromatic rings. The summed E-state index contributed by atoms with van der Waals surface area (Å²) in [5, 5.41) is 2.75. The fourth-order valence-electron chi connectivity index (χ4n) is 2.20. The Bertz CT molecular complexity index is 716. The van der Waals surface area contributed by atoms with Gasteiger partial charge in [0, 0.05) is 17.2 Å². The predicted octanol–water partition coefficient (Wildman–Crippen LogP) is 3.30. The van der Waals surface area contributed by atoms with Gasteiger partial charge in [-0.05, 0) is 42.7 Å². The number of benzene rings is 2. The second-order valence-electron chi connectivity index (χ2n) is 5.77. The fourth-order valence-corrected chi connectivity index (χ4v) is 2.99. The first-order chi connectivity index (χ1) is 12.0.